The zero-order valence-electron chi connectivity index (χ0n) is 9.28. The smallest absolute Gasteiger partial charge is 0.264 e. The fraction of sp³-hybridized carbons (Fsp3) is 0.400. The normalized spacial score (nSPS) is 11.2. The Balaban J connectivity index is 3.50. The van der Waals surface area contributed by atoms with Crippen molar-refractivity contribution in [1.82, 2.24) is 0 Å². The van der Waals surface area contributed by atoms with Gasteiger partial charge in [-0.25, -0.2) is 8.42 Å². The van der Waals surface area contributed by atoms with Crippen molar-refractivity contribution in [2.24, 2.45) is 0 Å². The first-order valence-electron chi connectivity index (χ1n) is 4.63. The number of methoxy groups -OCH3 is 2. The first kappa shape index (κ1) is 13.1. The molecule has 90 valence electrons. The number of rotatable bonds is 4. The molecule has 0 N–H and O–H groups in total. The zero-order valence-corrected chi connectivity index (χ0v) is 10.9. The van der Waals surface area contributed by atoms with E-state index < -0.39 is 9.05 Å². The molecule has 16 heavy (non-hydrogen) atoms. The third-order valence-corrected chi connectivity index (χ3v) is 3.55. The van der Waals surface area contributed by atoms with Gasteiger partial charge in [0.2, 0.25) is 0 Å². The van der Waals surface area contributed by atoms with E-state index in [1.807, 2.05) is 6.92 Å². The SMILES string of the molecule is CCc1cc(S(=O)(=O)Cl)c(OC)cc1OC. The van der Waals surface area contributed by atoms with E-state index in [0.29, 0.717) is 12.2 Å². The molecule has 1 aromatic carbocycles. The predicted octanol–water partition coefficient (Wildman–Crippen LogP) is 2.19. The summed E-state index contributed by atoms with van der Waals surface area (Å²) in [5.41, 5.74) is 0.766. The van der Waals surface area contributed by atoms with Crippen LogP contribution in [0.1, 0.15) is 12.5 Å². The van der Waals surface area contributed by atoms with Crippen LogP contribution in [0.25, 0.3) is 0 Å². The van der Waals surface area contributed by atoms with Gasteiger partial charge < -0.3 is 9.47 Å². The Morgan fingerprint density at radius 2 is 1.75 bits per heavy atom. The van der Waals surface area contributed by atoms with Crippen molar-refractivity contribution in [2.45, 2.75) is 18.2 Å². The summed E-state index contributed by atoms with van der Waals surface area (Å²) in [6.07, 6.45) is 0.645. The van der Waals surface area contributed by atoms with Crippen LogP contribution < -0.4 is 9.47 Å². The summed E-state index contributed by atoms with van der Waals surface area (Å²) in [6.45, 7) is 1.90. The number of aryl methyl sites for hydroxylation is 1. The number of halogens is 1. The average molecular weight is 265 g/mol. The lowest BCUT2D eigenvalue weighted by atomic mass is 10.1. The molecular formula is C10H13ClO4S. The van der Waals surface area contributed by atoms with E-state index in [4.69, 9.17) is 20.2 Å². The fourth-order valence-corrected chi connectivity index (χ4v) is 2.43. The van der Waals surface area contributed by atoms with E-state index in [-0.39, 0.29) is 10.6 Å². The first-order chi connectivity index (χ1) is 7.43. The summed E-state index contributed by atoms with van der Waals surface area (Å²) in [6, 6.07) is 2.99. The molecule has 1 rings (SSSR count). The third kappa shape index (κ3) is 2.59. The van der Waals surface area contributed by atoms with Crippen LogP contribution >= 0.6 is 10.7 Å². The minimum absolute atomic E-state index is 0.0330. The molecule has 0 atom stereocenters. The van der Waals surface area contributed by atoms with Gasteiger partial charge in [-0.2, -0.15) is 0 Å². The molecule has 0 aliphatic rings. The van der Waals surface area contributed by atoms with Gasteiger partial charge in [-0.3, -0.25) is 0 Å². The largest absolute Gasteiger partial charge is 0.496 e. The lowest BCUT2D eigenvalue weighted by Crippen LogP contribution is -2.00. The highest BCUT2D eigenvalue weighted by Crippen LogP contribution is 2.34. The minimum atomic E-state index is -3.81. The number of hydrogen-bond acceptors (Lipinski definition) is 4. The minimum Gasteiger partial charge on any atom is -0.496 e. The summed E-state index contributed by atoms with van der Waals surface area (Å²) in [7, 11) is 4.40. The summed E-state index contributed by atoms with van der Waals surface area (Å²) >= 11 is 0. The lowest BCUT2D eigenvalue weighted by molar-refractivity contribution is 0.384. The van der Waals surface area contributed by atoms with Gasteiger partial charge in [-0.05, 0) is 18.1 Å². The molecule has 0 aromatic heterocycles. The average Bonchev–Trinajstić information content (AvgIpc) is 2.25. The van der Waals surface area contributed by atoms with E-state index in [1.165, 1.54) is 26.4 Å². The van der Waals surface area contributed by atoms with Crippen LogP contribution in [0.3, 0.4) is 0 Å². The molecule has 4 nitrogen and oxygen atoms in total. The second-order valence-electron chi connectivity index (χ2n) is 3.11. The van der Waals surface area contributed by atoms with Crippen LogP contribution in [0, 0.1) is 0 Å². The molecule has 0 bridgehead atoms. The molecular weight excluding hydrogens is 252 g/mol. The maximum Gasteiger partial charge on any atom is 0.264 e. The van der Waals surface area contributed by atoms with Gasteiger partial charge in [0.25, 0.3) is 9.05 Å². The third-order valence-electron chi connectivity index (χ3n) is 2.21. The molecule has 0 fully saturated rings. The van der Waals surface area contributed by atoms with Crippen LogP contribution in [0.2, 0.25) is 0 Å². The van der Waals surface area contributed by atoms with Gasteiger partial charge in [0.1, 0.15) is 16.4 Å². The molecule has 0 heterocycles. The molecule has 0 radical (unpaired) electrons. The van der Waals surface area contributed by atoms with E-state index in [2.05, 4.69) is 0 Å². The van der Waals surface area contributed by atoms with Gasteiger partial charge in [0.05, 0.1) is 14.2 Å². The molecule has 0 amide bonds. The standard InChI is InChI=1S/C10H13ClO4S/c1-4-7-5-10(16(11,12)13)9(15-3)6-8(7)14-2/h5-6H,4H2,1-3H3. The Kier molecular flexibility index (Phi) is 4.04. The van der Waals surface area contributed by atoms with Crippen molar-refractivity contribution in [3.63, 3.8) is 0 Å². The van der Waals surface area contributed by atoms with Crippen molar-refractivity contribution in [3.8, 4) is 11.5 Å². The lowest BCUT2D eigenvalue weighted by Gasteiger charge is -2.12. The van der Waals surface area contributed by atoms with Crippen molar-refractivity contribution < 1.29 is 17.9 Å². The molecule has 0 aliphatic carbocycles. The Labute approximate surface area is 99.6 Å². The van der Waals surface area contributed by atoms with Crippen molar-refractivity contribution in [3.05, 3.63) is 17.7 Å². The molecule has 6 heteroatoms. The highest BCUT2D eigenvalue weighted by molar-refractivity contribution is 8.13. The summed E-state index contributed by atoms with van der Waals surface area (Å²) in [5.74, 6) is 0.771. The highest BCUT2D eigenvalue weighted by atomic mass is 35.7. The van der Waals surface area contributed by atoms with Crippen LogP contribution in [-0.4, -0.2) is 22.6 Å². The van der Waals surface area contributed by atoms with Crippen LogP contribution in [-0.2, 0) is 15.5 Å². The summed E-state index contributed by atoms with van der Waals surface area (Å²) in [5, 5.41) is 0. The predicted molar refractivity (Wildman–Crippen MR) is 62.0 cm³/mol. The van der Waals surface area contributed by atoms with Crippen molar-refractivity contribution in [1.29, 1.82) is 0 Å². The van der Waals surface area contributed by atoms with Gasteiger partial charge in [-0.15, -0.1) is 0 Å². The van der Waals surface area contributed by atoms with Crippen LogP contribution in [0.5, 0.6) is 11.5 Å². The van der Waals surface area contributed by atoms with E-state index in [9.17, 15) is 8.42 Å². The van der Waals surface area contributed by atoms with Gasteiger partial charge in [-0.1, -0.05) is 6.92 Å². The molecule has 0 unspecified atom stereocenters. The monoisotopic (exact) mass is 264 g/mol. The summed E-state index contributed by atoms with van der Waals surface area (Å²) < 4.78 is 32.7. The molecule has 0 saturated heterocycles. The maximum absolute atomic E-state index is 11.3. The van der Waals surface area contributed by atoms with E-state index >= 15 is 0 Å². The number of hydrogen-bond donors (Lipinski definition) is 0. The zero-order chi connectivity index (χ0) is 12.3. The Morgan fingerprint density at radius 1 is 1.19 bits per heavy atom. The Bertz CT molecular complexity index is 482. The molecule has 0 saturated carbocycles. The number of benzene rings is 1. The van der Waals surface area contributed by atoms with Gasteiger partial charge >= 0.3 is 0 Å². The van der Waals surface area contributed by atoms with Gasteiger partial charge in [0.15, 0.2) is 0 Å². The fourth-order valence-electron chi connectivity index (χ4n) is 1.40. The van der Waals surface area contributed by atoms with Crippen molar-refractivity contribution in [2.75, 3.05) is 14.2 Å². The van der Waals surface area contributed by atoms with E-state index in [0.717, 1.165) is 5.56 Å². The quantitative estimate of drug-likeness (QED) is 0.783. The van der Waals surface area contributed by atoms with Crippen LogP contribution in [0.4, 0.5) is 0 Å². The topological polar surface area (TPSA) is 52.6 Å². The Morgan fingerprint density at radius 3 is 2.12 bits per heavy atom. The van der Waals surface area contributed by atoms with Crippen molar-refractivity contribution >= 4 is 19.7 Å². The second-order valence-corrected chi connectivity index (χ2v) is 5.64. The Hall–Kier alpha value is -0.940. The first-order valence-corrected chi connectivity index (χ1v) is 6.94. The van der Waals surface area contributed by atoms with Crippen LogP contribution in [0.15, 0.2) is 17.0 Å². The molecule has 1 aromatic rings. The number of ether oxygens (including phenoxy) is 2. The second kappa shape index (κ2) is 4.93. The summed E-state index contributed by atoms with van der Waals surface area (Å²) in [4.78, 5) is -0.0330. The molecule has 0 spiro atoms. The highest BCUT2D eigenvalue weighted by Gasteiger charge is 2.19. The molecule has 0 aliphatic heterocycles. The van der Waals surface area contributed by atoms with E-state index in [1.54, 1.807) is 0 Å². The van der Waals surface area contributed by atoms with Gasteiger partial charge in [0, 0.05) is 16.7 Å². The maximum atomic E-state index is 11.3.